The maximum absolute atomic E-state index is 11.2. The van der Waals surface area contributed by atoms with Gasteiger partial charge in [-0.3, -0.25) is 4.79 Å². The molecule has 2 rings (SSSR count). The summed E-state index contributed by atoms with van der Waals surface area (Å²) in [5.74, 6) is 0.863. The molecule has 12 heavy (non-hydrogen) atoms. The standard InChI is InChI=1S/C10H10O2/c1-6-3-7(2)10-8(4-6)9(11)5-12-10/h3-4H,5H2,1-2H3. The van der Waals surface area contributed by atoms with Crippen molar-refractivity contribution in [2.45, 2.75) is 13.8 Å². The van der Waals surface area contributed by atoms with Crippen molar-refractivity contribution in [1.29, 1.82) is 0 Å². The third-order valence-electron chi connectivity index (χ3n) is 2.07. The lowest BCUT2D eigenvalue weighted by Crippen LogP contribution is -1.98. The fraction of sp³-hybridized carbons (Fsp3) is 0.300. The number of ether oxygens (including phenoxy) is 1. The van der Waals surface area contributed by atoms with E-state index in [0.717, 1.165) is 22.4 Å². The van der Waals surface area contributed by atoms with E-state index in [9.17, 15) is 4.79 Å². The van der Waals surface area contributed by atoms with E-state index >= 15 is 0 Å². The molecule has 0 saturated carbocycles. The second-order valence-corrected chi connectivity index (χ2v) is 3.17. The largest absolute Gasteiger partial charge is 0.484 e. The van der Waals surface area contributed by atoms with Gasteiger partial charge in [-0.25, -0.2) is 0 Å². The Balaban J connectivity index is 2.68. The molecule has 1 aliphatic rings. The van der Waals surface area contributed by atoms with E-state index in [4.69, 9.17) is 4.74 Å². The van der Waals surface area contributed by atoms with Gasteiger partial charge in [0, 0.05) is 0 Å². The molecule has 0 fully saturated rings. The van der Waals surface area contributed by atoms with Crippen LogP contribution in [0.3, 0.4) is 0 Å². The quantitative estimate of drug-likeness (QED) is 0.582. The summed E-state index contributed by atoms with van der Waals surface area (Å²) in [4.78, 5) is 11.2. The second kappa shape index (κ2) is 2.34. The Kier molecular flexibility index (Phi) is 1.43. The number of benzene rings is 1. The van der Waals surface area contributed by atoms with Gasteiger partial charge in [-0.2, -0.15) is 0 Å². The average Bonchev–Trinajstić information content (AvgIpc) is 2.33. The lowest BCUT2D eigenvalue weighted by atomic mass is 10.0. The summed E-state index contributed by atoms with van der Waals surface area (Å²) >= 11 is 0. The molecule has 2 nitrogen and oxygen atoms in total. The molecule has 1 aromatic carbocycles. The van der Waals surface area contributed by atoms with Gasteiger partial charge in [-0.05, 0) is 31.0 Å². The molecule has 1 aromatic rings. The van der Waals surface area contributed by atoms with Gasteiger partial charge in [0.05, 0.1) is 5.56 Å². The molecule has 0 radical (unpaired) electrons. The van der Waals surface area contributed by atoms with Gasteiger partial charge < -0.3 is 4.74 Å². The third kappa shape index (κ3) is 0.916. The number of hydrogen-bond acceptors (Lipinski definition) is 2. The van der Waals surface area contributed by atoms with Crippen LogP contribution in [0, 0.1) is 13.8 Å². The normalized spacial score (nSPS) is 14.3. The van der Waals surface area contributed by atoms with E-state index in [1.165, 1.54) is 0 Å². The van der Waals surface area contributed by atoms with Crippen LogP contribution in [0.5, 0.6) is 5.75 Å². The van der Waals surface area contributed by atoms with Gasteiger partial charge in [0.2, 0.25) is 5.78 Å². The summed E-state index contributed by atoms with van der Waals surface area (Å²) in [5.41, 5.74) is 2.91. The highest BCUT2D eigenvalue weighted by Gasteiger charge is 2.22. The zero-order chi connectivity index (χ0) is 8.72. The summed E-state index contributed by atoms with van der Waals surface area (Å²) in [6, 6.07) is 3.91. The van der Waals surface area contributed by atoms with Crippen LogP contribution < -0.4 is 4.74 Å². The number of rotatable bonds is 0. The molecular weight excluding hydrogens is 152 g/mol. The summed E-state index contributed by atoms with van der Waals surface area (Å²) < 4.78 is 5.25. The monoisotopic (exact) mass is 162 g/mol. The van der Waals surface area contributed by atoms with E-state index in [-0.39, 0.29) is 12.4 Å². The van der Waals surface area contributed by atoms with Crippen LogP contribution in [0.4, 0.5) is 0 Å². The van der Waals surface area contributed by atoms with Crippen LogP contribution in [-0.2, 0) is 0 Å². The van der Waals surface area contributed by atoms with Crippen molar-refractivity contribution in [2.24, 2.45) is 0 Å². The van der Waals surface area contributed by atoms with Crippen LogP contribution in [0.15, 0.2) is 12.1 Å². The van der Waals surface area contributed by atoms with Crippen molar-refractivity contribution < 1.29 is 9.53 Å². The van der Waals surface area contributed by atoms with E-state index in [2.05, 4.69) is 0 Å². The Morgan fingerprint density at radius 1 is 1.33 bits per heavy atom. The number of Topliss-reactive ketones (excluding diaryl/α,β-unsaturated/α-hetero) is 1. The minimum absolute atomic E-state index is 0.0943. The minimum Gasteiger partial charge on any atom is -0.484 e. The van der Waals surface area contributed by atoms with Crippen molar-refractivity contribution >= 4 is 5.78 Å². The summed E-state index contributed by atoms with van der Waals surface area (Å²) in [5, 5.41) is 0. The van der Waals surface area contributed by atoms with E-state index in [1.54, 1.807) is 0 Å². The smallest absolute Gasteiger partial charge is 0.203 e. The average molecular weight is 162 g/mol. The molecule has 1 aliphatic heterocycles. The van der Waals surface area contributed by atoms with E-state index < -0.39 is 0 Å². The molecule has 0 spiro atoms. The summed E-state index contributed by atoms with van der Waals surface area (Å²) in [6.45, 7) is 4.16. The molecule has 62 valence electrons. The van der Waals surface area contributed by atoms with Gasteiger partial charge in [0.15, 0.2) is 6.61 Å². The number of carbonyl (C=O) groups excluding carboxylic acids is 1. The molecule has 0 amide bonds. The zero-order valence-corrected chi connectivity index (χ0v) is 7.18. The predicted molar refractivity (Wildman–Crippen MR) is 45.7 cm³/mol. The molecular formula is C10H10O2. The maximum Gasteiger partial charge on any atom is 0.203 e. The van der Waals surface area contributed by atoms with Gasteiger partial charge in [0.25, 0.3) is 0 Å². The van der Waals surface area contributed by atoms with Crippen molar-refractivity contribution in [2.75, 3.05) is 6.61 Å². The summed E-state index contributed by atoms with van der Waals surface area (Å²) in [7, 11) is 0. The van der Waals surface area contributed by atoms with Crippen molar-refractivity contribution in [1.82, 2.24) is 0 Å². The molecule has 0 N–H and O–H groups in total. The number of fused-ring (bicyclic) bond motifs is 1. The van der Waals surface area contributed by atoms with Crippen LogP contribution in [0.25, 0.3) is 0 Å². The Morgan fingerprint density at radius 2 is 2.08 bits per heavy atom. The topological polar surface area (TPSA) is 26.3 Å². The zero-order valence-electron chi connectivity index (χ0n) is 7.18. The van der Waals surface area contributed by atoms with E-state index in [0.29, 0.717) is 0 Å². The third-order valence-corrected chi connectivity index (χ3v) is 2.07. The van der Waals surface area contributed by atoms with E-state index in [1.807, 2.05) is 26.0 Å². The highest BCUT2D eigenvalue weighted by atomic mass is 16.5. The molecule has 0 saturated heterocycles. The summed E-state index contributed by atoms with van der Waals surface area (Å²) in [6.07, 6.45) is 0. The molecule has 0 aromatic heterocycles. The highest BCUT2D eigenvalue weighted by molar-refractivity contribution is 6.02. The first-order valence-corrected chi connectivity index (χ1v) is 3.96. The number of aryl methyl sites for hydroxylation is 2. The van der Waals surface area contributed by atoms with Gasteiger partial charge in [0.1, 0.15) is 5.75 Å². The SMILES string of the molecule is Cc1cc(C)c2c(c1)C(=O)CO2. The molecule has 2 heteroatoms. The maximum atomic E-state index is 11.2. The molecule has 0 aliphatic carbocycles. The Morgan fingerprint density at radius 3 is 2.83 bits per heavy atom. The first-order valence-electron chi connectivity index (χ1n) is 3.96. The second-order valence-electron chi connectivity index (χ2n) is 3.17. The van der Waals surface area contributed by atoms with Gasteiger partial charge >= 0.3 is 0 Å². The molecule has 0 atom stereocenters. The van der Waals surface area contributed by atoms with Gasteiger partial charge in [-0.1, -0.05) is 6.07 Å². The Hall–Kier alpha value is -1.31. The van der Waals surface area contributed by atoms with Crippen LogP contribution >= 0.6 is 0 Å². The van der Waals surface area contributed by atoms with Crippen molar-refractivity contribution in [3.05, 3.63) is 28.8 Å². The first kappa shape index (κ1) is 7.35. The first-order chi connectivity index (χ1) is 5.68. The lowest BCUT2D eigenvalue weighted by Gasteiger charge is -2.02. The lowest BCUT2D eigenvalue weighted by molar-refractivity contribution is 0.0961. The number of hydrogen-bond donors (Lipinski definition) is 0. The number of carbonyl (C=O) groups is 1. The predicted octanol–water partition coefficient (Wildman–Crippen LogP) is 1.88. The highest BCUT2D eigenvalue weighted by Crippen LogP contribution is 2.29. The van der Waals surface area contributed by atoms with Crippen molar-refractivity contribution in [3.8, 4) is 5.75 Å². The number of ketones is 1. The van der Waals surface area contributed by atoms with Crippen LogP contribution in [0.2, 0.25) is 0 Å². The minimum atomic E-state index is 0.0943. The molecule has 0 unspecified atom stereocenters. The van der Waals surface area contributed by atoms with Gasteiger partial charge in [-0.15, -0.1) is 0 Å². The molecule has 1 heterocycles. The fourth-order valence-corrected chi connectivity index (χ4v) is 1.57. The van der Waals surface area contributed by atoms with Crippen LogP contribution in [-0.4, -0.2) is 12.4 Å². The van der Waals surface area contributed by atoms with Crippen LogP contribution in [0.1, 0.15) is 21.5 Å². The fourth-order valence-electron chi connectivity index (χ4n) is 1.57. The Bertz CT molecular complexity index is 353. The van der Waals surface area contributed by atoms with Crippen molar-refractivity contribution in [3.63, 3.8) is 0 Å². The molecule has 0 bridgehead atoms. The Labute approximate surface area is 71.2 Å².